The van der Waals surface area contributed by atoms with Crippen molar-refractivity contribution in [3.05, 3.63) is 237 Å². The van der Waals surface area contributed by atoms with Gasteiger partial charge in [0, 0.05) is 44.6 Å². The quantitative estimate of drug-likeness (QED) is 0.160. The van der Waals surface area contributed by atoms with Gasteiger partial charge in [0.1, 0.15) is 11.6 Å². The summed E-state index contributed by atoms with van der Waals surface area (Å²) in [7, 11) is 0. The van der Waals surface area contributed by atoms with Crippen molar-refractivity contribution >= 4 is 49.8 Å². The summed E-state index contributed by atoms with van der Waals surface area (Å²) in [5.74, 6) is 1.68. The monoisotopic (exact) mass is 841 g/mol. The molecule has 0 saturated carbocycles. The molecule has 5 heterocycles. The van der Waals surface area contributed by atoms with Gasteiger partial charge in [-0.15, -0.1) is 0 Å². The number of pyridine rings is 3. The van der Waals surface area contributed by atoms with E-state index in [4.69, 9.17) is 15.0 Å². The molecule has 13 rings (SSSR count). The highest BCUT2D eigenvalue weighted by Crippen LogP contribution is 2.53. The Bertz CT molecular complexity index is 3670. The van der Waals surface area contributed by atoms with E-state index in [-0.39, 0.29) is 0 Å². The highest BCUT2D eigenvalue weighted by atomic mass is 15.2. The van der Waals surface area contributed by atoms with Crippen LogP contribution in [0.5, 0.6) is 0 Å². The number of nitrogens with zero attached hydrogens (tertiary/aromatic N) is 5. The first kappa shape index (κ1) is 37.6. The van der Waals surface area contributed by atoms with E-state index in [0.29, 0.717) is 0 Å². The first-order valence-electron chi connectivity index (χ1n) is 22.3. The van der Waals surface area contributed by atoms with Crippen molar-refractivity contribution in [3.8, 4) is 73.0 Å². The first-order chi connectivity index (χ1) is 32.7. The highest BCUT2D eigenvalue weighted by Gasteiger charge is 2.30. The van der Waals surface area contributed by atoms with E-state index >= 15 is 0 Å². The van der Waals surface area contributed by atoms with E-state index in [9.17, 15) is 0 Å². The van der Waals surface area contributed by atoms with Crippen LogP contribution in [0.25, 0.3) is 106 Å². The van der Waals surface area contributed by atoms with E-state index in [0.717, 1.165) is 106 Å². The van der Waals surface area contributed by atoms with Crippen molar-refractivity contribution in [2.45, 2.75) is 0 Å². The van der Waals surface area contributed by atoms with E-state index in [1.54, 1.807) is 0 Å². The van der Waals surface area contributed by atoms with Crippen molar-refractivity contribution in [2.24, 2.45) is 0 Å². The molecule has 0 N–H and O–H groups in total. The van der Waals surface area contributed by atoms with Crippen molar-refractivity contribution in [2.75, 3.05) is 4.90 Å². The molecule has 66 heavy (non-hydrogen) atoms. The zero-order valence-corrected chi connectivity index (χ0v) is 35.8. The SMILES string of the molecule is c1ccc(-c2cc(-c3ccccc3)nc(N3c4cc5c(cc4-c4cccc6cccc3c46)c3cc(-c4ccccn4)ccc3n5-c3cc(-c4ccccc4)cc(-c4ccccc4)n3)c2)cc1. The van der Waals surface area contributed by atoms with Crippen LogP contribution in [0.1, 0.15) is 0 Å². The predicted octanol–water partition coefficient (Wildman–Crippen LogP) is 15.9. The van der Waals surface area contributed by atoms with Gasteiger partial charge in [-0.25, -0.2) is 9.97 Å². The molecule has 0 spiro atoms. The van der Waals surface area contributed by atoms with E-state index in [1.807, 2.05) is 18.3 Å². The molecular weight excluding hydrogens is 803 g/mol. The highest BCUT2D eigenvalue weighted by molar-refractivity contribution is 6.19. The molecule has 0 radical (unpaired) electrons. The topological polar surface area (TPSA) is 46.8 Å². The molecule has 8 aromatic carbocycles. The molecule has 0 saturated heterocycles. The second-order valence-corrected chi connectivity index (χ2v) is 16.8. The second-order valence-electron chi connectivity index (χ2n) is 16.8. The number of benzene rings is 8. The Balaban J connectivity index is 1.14. The van der Waals surface area contributed by atoms with Crippen LogP contribution in [0.15, 0.2) is 237 Å². The maximum Gasteiger partial charge on any atom is 0.138 e. The Hall–Kier alpha value is -8.93. The van der Waals surface area contributed by atoms with E-state index in [1.165, 1.54) is 16.3 Å². The number of fused-ring (bicyclic) bond motifs is 5. The molecule has 0 atom stereocenters. The molecule has 12 aromatic rings. The van der Waals surface area contributed by atoms with Gasteiger partial charge in [-0.3, -0.25) is 14.5 Å². The molecule has 4 aromatic heterocycles. The summed E-state index contributed by atoms with van der Waals surface area (Å²) in [6.45, 7) is 0. The number of hydrogen-bond donors (Lipinski definition) is 0. The molecule has 0 fully saturated rings. The van der Waals surface area contributed by atoms with Gasteiger partial charge in [-0.2, -0.15) is 0 Å². The zero-order valence-electron chi connectivity index (χ0n) is 35.8. The van der Waals surface area contributed by atoms with Crippen LogP contribution in [0.4, 0.5) is 17.2 Å². The average Bonchev–Trinajstić information content (AvgIpc) is 3.72. The summed E-state index contributed by atoms with van der Waals surface area (Å²) in [5, 5.41) is 4.63. The van der Waals surface area contributed by atoms with E-state index < -0.39 is 0 Å². The zero-order chi connectivity index (χ0) is 43.6. The number of rotatable bonds is 7. The average molecular weight is 842 g/mol. The summed E-state index contributed by atoms with van der Waals surface area (Å²) in [6.07, 6.45) is 1.86. The van der Waals surface area contributed by atoms with Crippen LogP contribution in [0.2, 0.25) is 0 Å². The summed E-state index contributed by atoms with van der Waals surface area (Å²) in [5.41, 5.74) is 16.9. The minimum absolute atomic E-state index is 0.834. The third kappa shape index (κ3) is 6.28. The second kappa shape index (κ2) is 15.4. The number of anilines is 3. The van der Waals surface area contributed by atoms with Gasteiger partial charge in [0.2, 0.25) is 0 Å². The maximum absolute atomic E-state index is 5.55. The summed E-state index contributed by atoms with van der Waals surface area (Å²) in [4.78, 5) is 18.2. The van der Waals surface area contributed by atoms with Crippen LogP contribution >= 0.6 is 0 Å². The third-order valence-electron chi connectivity index (χ3n) is 12.9. The fourth-order valence-electron chi connectivity index (χ4n) is 9.87. The van der Waals surface area contributed by atoms with Crippen molar-refractivity contribution in [1.82, 2.24) is 19.5 Å². The Morgan fingerprint density at radius 2 is 0.894 bits per heavy atom. The van der Waals surface area contributed by atoms with Crippen LogP contribution in [0.3, 0.4) is 0 Å². The molecular formula is C61H39N5. The van der Waals surface area contributed by atoms with Gasteiger partial charge >= 0.3 is 0 Å². The number of aromatic nitrogens is 4. The first-order valence-corrected chi connectivity index (χ1v) is 22.3. The molecule has 0 amide bonds. The predicted molar refractivity (Wildman–Crippen MR) is 273 cm³/mol. The fraction of sp³-hybridized carbons (Fsp3) is 0. The van der Waals surface area contributed by atoms with Crippen LogP contribution in [-0.4, -0.2) is 19.5 Å². The van der Waals surface area contributed by atoms with E-state index in [2.05, 4.69) is 228 Å². The van der Waals surface area contributed by atoms with Gasteiger partial charge in [0.15, 0.2) is 0 Å². The molecule has 308 valence electrons. The Kier molecular flexibility index (Phi) is 8.78. The maximum atomic E-state index is 5.55. The normalized spacial score (nSPS) is 11.9. The van der Waals surface area contributed by atoms with Gasteiger partial charge in [-0.1, -0.05) is 164 Å². The van der Waals surface area contributed by atoms with Gasteiger partial charge in [-0.05, 0) is 99.9 Å². The van der Waals surface area contributed by atoms with Gasteiger partial charge in [0.25, 0.3) is 0 Å². The smallest absolute Gasteiger partial charge is 0.138 e. The van der Waals surface area contributed by atoms with Crippen LogP contribution in [-0.2, 0) is 0 Å². The van der Waals surface area contributed by atoms with Crippen molar-refractivity contribution < 1.29 is 0 Å². The minimum Gasteiger partial charge on any atom is -0.294 e. The van der Waals surface area contributed by atoms with Crippen LogP contribution < -0.4 is 4.90 Å². The lowest BCUT2D eigenvalue weighted by molar-refractivity contribution is 1.08. The number of hydrogen-bond acceptors (Lipinski definition) is 4. The Morgan fingerprint density at radius 3 is 1.53 bits per heavy atom. The lowest BCUT2D eigenvalue weighted by Gasteiger charge is -2.33. The standard InChI is InChI=1S/C61H39N5/c1-5-17-40(18-6-1)46-34-53(42-21-9-3-10-22-42)63-59(36-46)65-55-31-30-45(52-28-13-14-32-62-52)33-49(55)51-38-50-48-27-15-25-44-26-16-29-56(61(44)48)66(57(50)39-58(51)65)60-37-47(41-19-7-2-8-20-41)35-54(64-60)43-23-11-4-12-24-43/h1-39H. The third-order valence-corrected chi connectivity index (χ3v) is 12.9. The molecule has 1 aliphatic rings. The van der Waals surface area contributed by atoms with Gasteiger partial charge in [0.05, 0.1) is 39.5 Å². The lowest BCUT2D eigenvalue weighted by atomic mass is 9.90. The van der Waals surface area contributed by atoms with Gasteiger partial charge < -0.3 is 0 Å². The molecule has 5 nitrogen and oxygen atoms in total. The Labute approximate surface area is 382 Å². The van der Waals surface area contributed by atoms with Crippen LogP contribution in [0, 0.1) is 0 Å². The van der Waals surface area contributed by atoms with Crippen molar-refractivity contribution in [1.29, 1.82) is 0 Å². The van der Waals surface area contributed by atoms with Crippen molar-refractivity contribution in [3.63, 3.8) is 0 Å². The fourth-order valence-corrected chi connectivity index (χ4v) is 9.87. The summed E-state index contributed by atoms with van der Waals surface area (Å²) >= 11 is 0. The molecule has 0 aliphatic carbocycles. The Morgan fingerprint density at radius 1 is 0.318 bits per heavy atom. The minimum atomic E-state index is 0.834. The summed E-state index contributed by atoms with van der Waals surface area (Å²) < 4.78 is 2.36. The largest absolute Gasteiger partial charge is 0.294 e. The molecule has 0 bridgehead atoms. The lowest BCUT2D eigenvalue weighted by Crippen LogP contribution is -2.17. The molecule has 5 heteroatoms. The molecule has 1 aliphatic heterocycles. The summed E-state index contributed by atoms with van der Waals surface area (Å²) in [6, 6.07) is 82.0. The molecule has 0 unspecified atom stereocenters.